The molecule has 2 heterocycles. The van der Waals surface area contributed by atoms with E-state index in [9.17, 15) is 18.4 Å². The molecule has 2 aliphatic carbocycles. The van der Waals surface area contributed by atoms with Gasteiger partial charge in [-0.3, -0.25) is 14.6 Å². The van der Waals surface area contributed by atoms with Crippen LogP contribution in [-0.4, -0.2) is 21.8 Å². The highest BCUT2D eigenvalue weighted by Gasteiger charge is 2.42. The van der Waals surface area contributed by atoms with Gasteiger partial charge < -0.3 is 10.7 Å². The zero-order valence-electron chi connectivity index (χ0n) is 18.1. The summed E-state index contributed by atoms with van der Waals surface area (Å²) < 4.78 is 28.9. The number of pyridine rings is 2. The minimum Gasteiger partial charge on any atom is -0.364 e. The predicted octanol–water partition coefficient (Wildman–Crippen LogP) is 5.38. The third-order valence-corrected chi connectivity index (χ3v) is 6.73. The van der Waals surface area contributed by atoms with Gasteiger partial charge in [-0.15, -0.1) is 0 Å². The fourth-order valence-electron chi connectivity index (χ4n) is 5.08. The van der Waals surface area contributed by atoms with E-state index in [0.29, 0.717) is 17.6 Å². The zero-order valence-corrected chi connectivity index (χ0v) is 18.1. The van der Waals surface area contributed by atoms with Crippen LogP contribution in [0.25, 0.3) is 10.9 Å². The van der Waals surface area contributed by atoms with Gasteiger partial charge in [-0.2, -0.15) is 0 Å². The highest BCUT2D eigenvalue weighted by molar-refractivity contribution is 6.03. The molecule has 1 amide bonds. The molecule has 0 radical (unpaired) electrons. The highest BCUT2D eigenvalue weighted by Crippen LogP contribution is 2.47. The second-order valence-electron chi connectivity index (χ2n) is 9.06. The number of primary amides is 1. The molecule has 0 aliphatic heterocycles. The minimum atomic E-state index is -2.77. The molecule has 0 unspecified atom stereocenters. The van der Waals surface area contributed by atoms with Gasteiger partial charge >= 0.3 is 0 Å². The number of aromatic amines is 1. The Morgan fingerprint density at radius 3 is 2.94 bits per heavy atom. The fraction of sp³-hybridized carbons (Fsp3) is 0.480. The van der Waals surface area contributed by atoms with Crippen molar-refractivity contribution in [1.82, 2.24) is 9.97 Å². The molecule has 0 bridgehead atoms. The summed E-state index contributed by atoms with van der Waals surface area (Å²) >= 11 is 0. The topological polar surface area (TPSA) is 88.8 Å². The maximum atomic E-state index is 14.5. The van der Waals surface area contributed by atoms with E-state index in [0.717, 1.165) is 25.7 Å². The van der Waals surface area contributed by atoms with Crippen molar-refractivity contribution in [3.05, 3.63) is 63.7 Å². The van der Waals surface area contributed by atoms with Crippen molar-refractivity contribution < 1.29 is 13.6 Å². The normalized spacial score (nSPS) is 25.4. The third kappa shape index (κ3) is 4.97. The summed E-state index contributed by atoms with van der Waals surface area (Å²) in [6, 6.07) is 2.93. The number of nitrogens with two attached hydrogens (primary N) is 1. The quantitative estimate of drug-likeness (QED) is 0.668. The van der Waals surface area contributed by atoms with Crippen molar-refractivity contribution in [2.75, 3.05) is 0 Å². The van der Waals surface area contributed by atoms with Crippen LogP contribution in [0.3, 0.4) is 0 Å². The number of amides is 1. The van der Waals surface area contributed by atoms with Crippen LogP contribution in [0.15, 0.2) is 46.9 Å². The second kappa shape index (κ2) is 9.35. The number of allylic oxidation sites excluding steroid dienone is 4. The Morgan fingerprint density at radius 1 is 1.28 bits per heavy atom. The molecule has 3 N–H and O–H groups in total. The Labute approximate surface area is 185 Å². The average molecular weight is 442 g/mol. The minimum absolute atomic E-state index is 0.0144. The van der Waals surface area contributed by atoms with Gasteiger partial charge in [0.25, 0.3) is 5.91 Å². The maximum Gasteiger partial charge on any atom is 0.268 e. The van der Waals surface area contributed by atoms with Crippen molar-refractivity contribution in [3.63, 3.8) is 0 Å². The summed E-state index contributed by atoms with van der Waals surface area (Å²) in [5.41, 5.74) is 7.00. The predicted molar refractivity (Wildman–Crippen MR) is 121 cm³/mol. The molecular weight excluding hydrogens is 412 g/mol. The van der Waals surface area contributed by atoms with E-state index < -0.39 is 23.2 Å². The second-order valence-corrected chi connectivity index (χ2v) is 9.06. The molecule has 0 saturated heterocycles. The summed E-state index contributed by atoms with van der Waals surface area (Å²) in [6.07, 6.45) is 14.0. The molecule has 5 nitrogen and oxygen atoms in total. The van der Waals surface area contributed by atoms with Gasteiger partial charge in [0.2, 0.25) is 5.92 Å². The van der Waals surface area contributed by atoms with Crippen molar-refractivity contribution in [1.29, 1.82) is 0 Å². The number of halogens is 2. The molecule has 0 spiro atoms. The van der Waals surface area contributed by atoms with Crippen LogP contribution in [0.1, 0.15) is 79.9 Å². The summed E-state index contributed by atoms with van der Waals surface area (Å²) in [7, 11) is 0. The molecule has 2 aliphatic rings. The molecule has 1 saturated carbocycles. The van der Waals surface area contributed by atoms with E-state index in [1.807, 2.05) is 0 Å². The number of H-pyrrole nitrogens is 1. The molecule has 2 atom stereocenters. The van der Waals surface area contributed by atoms with Gasteiger partial charge in [0, 0.05) is 36.7 Å². The molecule has 2 aromatic heterocycles. The monoisotopic (exact) mass is 441 g/mol. The number of nitrogens with zero attached hydrogens (tertiary/aromatic N) is 1. The van der Waals surface area contributed by atoms with Gasteiger partial charge in [-0.1, -0.05) is 30.2 Å². The number of alkyl halides is 2. The number of nitrogens with one attached hydrogen (secondary N) is 1. The first-order chi connectivity index (χ1) is 15.3. The van der Waals surface area contributed by atoms with Gasteiger partial charge in [-0.25, -0.2) is 8.78 Å². The van der Waals surface area contributed by atoms with E-state index in [2.05, 4.69) is 28.2 Å². The number of carbonyl (C=O) groups excluding carboxylic acids is 1. The number of rotatable bonds is 4. The standard InChI is InChI=1S/C25H29F2N3O2/c26-25(27)11-9-17(13-16-7-5-3-1-2-4-6-8-16)18(15-25)20-14-21(31)22-19(30-20)10-12-29-23(22)24(28)32/h3,5,7,10,12,14,17-18H,1-2,4,6,8-9,11,13,15H2,(H2,28,32)(H,30,31)/b5-3?,16-7+/t17-,18-/m1/s1. The Balaban J connectivity index is 1.70. The lowest BCUT2D eigenvalue weighted by molar-refractivity contribution is -0.0552. The van der Waals surface area contributed by atoms with Crippen LogP contribution < -0.4 is 11.2 Å². The van der Waals surface area contributed by atoms with Crippen molar-refractivity contribution in [2.45, 2.75) is 69.6 Å². The van der Waals surface area contributed by atoms with E-state index in [4.69, 9.17) is 5.73 Å². The van der Waals surface area contributed by atoms with Crippen LogP contribution in [0, 0.1) is 5.92 Å². The highest BCUT2D eigenvalue weighted by atomic mass is 19.3. The number of fused-ring (bicyclic) bond motifs is 1. The average Bonchev–Trinajstić information content (AvgIpc) is 2.88. The molecule has 2 aromatic rings. The molecule has 32 heavy (non-hydrogen) atoms. The summed E-state index contributed by atoms with van der Waals surface area (Å²) in [5, 5.41) is 0.104. The summed E-state index contributed by atoms with van der Waals surface area (Å²) in [4.78, 5) is 31.6. The van der Waals surface area contributed by atoms with Crippen LogP contribution in [0.4, 0.5) is 8.78 Å². The lowest BCUT2D eigenvalue weighted by Crippen LogP contribution is -2.32. The number of aromatic nitrogens is 2. The molecule has 0 aromatic carbocycles. The van der Waals surface area contributed by atoms with Crippen molar-refractivity contribution in [2.24, 2.45) is 11.7 Å². The first-order valence-electron chi connectivity index (χ1n) is 11.4. The lowest BCUT2D eigenvalue weighted by Gasteiger charge is -2.36. The SMILES string of the molecule is NC(=O)c1nccc2[nH]c([C@@H]3CC(F)(F)CC[C@@H]3C/C3=C/C=CCCCCC3)cc(=O)c12. The number of hydrogen-bond acceptors (Lipinski definition) is 3. The van der Waals surface area contributed by atoms with E-state index >= 15 is 0 Å². The summed E-state index contributed by atoms with van der Waals surface area (Å²) in [6.45, 7) is 0. The van der Waals surface area contributed by atoms with Gasteiger partial charge in [-0.05, 0) is 50.5 Å². The molecule has 170 valence electrons. The largest absolute Gasteiger partial charge is 0.364 e. The van der Waals surface area contributed by atoms with Gasteiger partial charge in [0.05, 0.1) is 10.9 Å². The zero-order chi connectivity index (χ0) is 22.7. The summed E-state index contributed by atoms with van der Waals surface area (Å²) in [5.74, 6) is -4.02. The van der Waals surface area contributed by atoms with Gasteiger partial charge in [0.15, 0.2) is 5.43 Å². The van der Waals surface area contributed by atoms with Crippen molar-refractivity contribution >= 4 is 16.8 Å². The molecular formula is C25H29F2N3O2. The van der Waals surface area contributed by atoms with Crippen LogP contribution >= 0.6 is 0 Å². The number of carbonyl (C=O) groups is 1. The first kappa shape index (κ1) is 22.4. The molecule has 1 fully saturated rings. The van der Waals surface area contributed by atoms with E-state index in [1.165, 1.54) is 30.7 Å². The van der Waals surface area contributed by atoms with E-state index in [-0.39, 0.29) is 29.8 Å². The van der Waals surface area contributed by atoms with E-state index in [1.54, 1.807) is 6.07 Å². The lowest BCUT2D eigenvalue weighted by atomic mass is 9.72. The molecule has 7 heteroatoms. The first-order valence-corrected chi connectivity index (χ1v) is 11.4. The van der Waals surface area contributed by atoms with Gasteiger partial charge in [0.1, 0.15) is 5.69 Å². The van der Waals surface area contributed by atoms with Crippen molar-refractivity contribution in [3.8, 4) is 0 Å². The smallest absolute Gasteiger partial charge is 0.268 e. The number of hydrogen-bond donors (Lipinski definition) is 2. The Kier molecular flexibility index (Phi) is 6.53. The third-order valence-electron chi connectivity index (χ3n) is 6.73. The Hall–Kier alpha value is -2.83. The Morgan fingerprint density at radius 2 is 2.12 bits per heavy atom. The fourth-order valence-corrected chi connectivity index (χ4v) is 5.08. The van der Waals surface area contributed by atoms with Crippen LogP contribution in [0.2, 0.25) is 0 Å². The van der Waals surface area contributed by atoms with Crippen LogP contribution in [-0.2, 0) is 0 Å². The molecule has 4 rings (SSSR count). The van der Waals surface area contributed by atoms with Crippen LogP contribution in [0.5, 0.6) is 0 Å². The Bertz CT molecular complexity index is 1120. The maximum absolute atomic E-state index is 14.5.